The van der Waals surface area contributed by atoms with Gasteiger partial charge in [-0.3, -0.25) is 14.4 Å². The van der Waals surface area contributed by atoms with Crippen LogP contribution < -0.4 is 11.1 Å². The van der Waals surface area contributed by atoms with Crippen molar-refractivity contribution < 1.29 is 4.79 Å². The Kier molecular flexibility index (Phi) is 3.18. The molecule has 6 heteroatoms. The summed E-state index contributed by atoms with van der Waals surface area (Å²) >= 11 is 0. The molecular weight excluding hydrogens is 242 g/mol. The fourth-order valence-corrected chi connectivity index (χ4v) is 2.82. The summed E-state index contributed by atoms with van der Waals surface area (Å²) in [6, 6.07) is 1.01. The summed E-state index contributed by atoms with van der Waals surface area (Å²) in [5.74, 6) is -0.0977. The lowest BCUT2D eigenvalue weighted by atomic mass is 10.2. The molecule has 1 unspecified atom stereocenters. The quantitative estimate of drug-likeness (QED) is 0.827. The van der Waals surface area contributed by atoms with E-state index in [4.69, 9.17) is 5.73 Å². The van der Waals surface area contributed by atoms with E-state index in [1.54, 1.807) is 10.9 Å². The second-order valence-electron chi connectivity index (χ2n) is 5.45. The van der Waals surface area contributed by atoms with Gasteiger partial charge < -0.3 is 11.1 Å². The minimum Gasteiger partial charge on any atom is -0.396 e. The Hall–Kier alpha value is -1.56. The molecule has 6 nitrogen and oxygen atoms in total. The van der Waals surface area contributed by atoms with Gasteiger partial charge in [0.1, 0.15) is 5.69 Å². The van der Waals surface area contributed by atoms with Crippen molar-refractivity contribution in [1.82, 2.24) is 20.0 Å². The molecule has 1 aliphatic heterocycles. The van der Waals surface area contributed by atoms with E-state index in [1.165, 1.54) is 12.8 Å². The van der Waals surface area contributed by atoms with E-state index in [9.17, 15) is 4.79 Å². The molecule has 0 aromatic carbocycles. The van der Waals surface area contributed by atoms with Gasteiger partial charge in [-0.05, 0) is 26.2 Å². The largest absolute Gasteiger partial charge is 0.396 e. The van der Waals surface area contributed by atoms with Crippen molar-refractivity contribution >= 4 is 11.6 Å². The number of nitrogens with one attached hydrogen (secondary N) is 1. The van der Waals surface area contributed by atoms with Gasteiger partial charge >= 0.3 is 0 Å². The lowest BCUT2D eigenvalue weighted by Crippen LogP contribution is -2.38. The van der Waals surface area contributed by atoms with E-state index in [0.717, 1.165) is 25.6 Å². The molecule has 2 heterocycles. The Morgan fingerprint density at radius 2 is 2.32 bits per heavy atom. The maximum atomic E-state index is 12.3. The number of anilines is 1. The monoisotopic (exact) mass is 263 g/mol. The highest BCUT2D eigenvalue weighted by Crippen LogP contribution is 2.29. The van der Waals surface area contributed by atoms with E-state index in [2.05, 4.69) is 15.3 Å². The third-order valence-corrected chi connectivity index (χ3v) is 4.00. The van der Waals surface area contributed by atoms with Gasteiger partial charge in [0.2, 0.25) is 0 Å². The Morgan fingerprint density at radius 1 is 1.53 bits per heavy atom. The summed E-state index contributed by atoms with van der Waals surface area (Å²) < 4.78 is 1.65. The van der Waals surface area contributed by atoms with Gasteiger partial charge in [0.25, 0.3) is 5.91 Å². The molecule has 2 aliphatic rings. The van der Waals surface area contributed by atoms with E-state index in [-0.39, 0.29) is 11.9 Å². The van der Waals surface area contributed by atoms with Crippen LogP contribution in [0, 0.1) is 0 Å². The van der Waals surface area contributed by atoms with Gasteiger partial charge in [-0.15, -0.1) is 0 Å². The van der Waals surface area contributed by atoms with Gasteiger partial charge in [-0.25, -0.2) is 0 Å². The first-order valence-corrected chi connectivity index (χ1v) is 7.05. The molecule has 0 spiro atoms. The van der Waals surface area contributed by atoms with Crippen LogP contribution in [0.25, 0.3) is 0 Å². The van der Waals surface area contributed by atoms with Crippen LogP contribution in [0.15, 0.2) is 6.20 Å². The topological polar surface area (TPSA) is 76.2 Å². The van der Waals surface area contributed by atoms with Crippen LogP contribution in [0.3, 0.4) is 0 Å². The van der Waals surface area contributed by atoms with Crippen LogP contribution in [-0.2, 0) is 6.54 Å². The zero-order chi connectivity index (χ0) is 13.4. The number of amides is 1. The third-order valence-electron chi connectivity index (χ3n) is 4.00. The summed E-state index contributed by atoms with van der Waals surface area (Å²) in [4.78, 5) is 14.8. The van der Waals surface area contributed by atoms with Gasteiger partial charge in [0.15, 0.2) is 0 Å². The SMILES string of the molecule is CCn1ncc(N)c1C(=O)NC1CCN(C2CC2)C1. The average Bonchev–Trinajstić information content (AvgIpc) is 3.03. The molecule has 3 rings (SSSR count). The zero-order valence-electron chi connectivity index (χ0n) is 11.3. The predicted molar refractivity (Wildman–Crippen MR) is 72.8 cm³/mol. The Bertz CT molecular complexity index is 479. The number of aryl methyl sites for hydroxylation is 1. The number of nitrogen functional groups attached to an aromatic ring is 1. The van der Waals surface area contributed by atoms with Gasteiger partial charge in [-0.1, -0.05) is 0 Å². The summed E-state index contributed by atoms with van der Waals surface area (Å²) in [5, 5.41) is 7.19. The molecule has 1 atom stereocenters. The van der Waals surface area contributed by atoms with Gasteiger partial charge in [0, 0.05) is 31.7 Å². The Labute approximate surface area is 112 Å². The standard InChI is InChI=1S/C13H21N5O/c1-2-18-12(11(14)7-15-18)13(19)16-9-5-6-17(8-9)10-3-4-10/h7,9-10H,2-6,8,14H2,1H3,(H,16,19). The molecule has 1 amide bonds. The number of hydrogen-bond acceptors (Lipinski definition) is 4. The number of nitrogens with zero attached hydrogens (tertiary/aromatic N) is 3. The number of nitrogens with two attached hydrogens (primary N) is 1. The summed E-state index contributed by atoms with van der Waals surface area (Å²) in [5.41, 5.74) is 6.77. The normalized spacial score (nSPS) is 23.7. The molecular formula is C13H21N5O. The summed E-state index contributed by atoms with van der Waals surface area (Å²) in [6.07, 6.45) is 5.21. The number of likely N-dealkylation sites (tertiary alicyclic amines) is 1. The number of hydrogen-bond donors (Lipinski definition) is 2. The van der Waals surface area contributed by atoms with Crippen molar-refractivity contribution in [2.24, 2.45) is 0 Å². The number of carbonyl (C=O) groups excluding carboxylic acids is 1. The average molecular weight is 263 g/mol. The van der Waals surface area contributed by atoms with Gasteiger partial charge in [-0.2, -0.15) is 5.10 Å². The van der Waals surface area contributed by atoms with Crippen molar-refractivity contribution in [1.29, 1.82) is 0 Å². The number of carbonyl (C=O) groups is 1. The Balaban J connectivity index is 1.63. The maximum Gasteiger partial charge on any atom is 0.271 e. The van der Waals surface area contributed by atoms with Crippen LogP contribution in [-0.4, -0.2) is 45.8 Å². The number of rotatable bonds is 4. The molecule has 0 radical (unpaired) electrons. The van der Waals surface area contributed by atoms with Crippen LogP contribution >= 0.6 is 0 Å². The highest BCUT2D eigenvalue weighted by molar-refractivity contribution is 5.97. The predicted octanol–water partition coefficient (Wildman–Crippen LogP) is 0.452. The smallest absolute Gasteiger partial charge is 0.271 e. The molecule has 2 fully saturated rings. The zero-order valence-corrected chi connectivity index (χ0v) is 11.3. The molecule has 1 saturated heterocycles. The fourth-order valence-electron chi connectivity index (χ4n) is 2.82. The maximum absolute atomic E-state index is 12.3. The van der Waals surface area contributed by atoms with Crippen LogP contribution in [0.5, 0.6) is 0 Å². The van der Waals surface area contributed by atoms with E-state index >= 15 is 0 Å². The lowest BCUT2D eigenvalue weighted by molar-refractivity contribution is 0.0927. The molecule has 0 bridgehead atoms. The molecule has 1 aromatic heterocycles. The molecule has 1 aliphatic carbocycles. The van der Waals surface area contributed by atoms with Crippen molar-refractivity contribution in [2.45, 2.75) is 44.8 Å². The van der Waals surface area contributed by atoms with Crippen molar-refractivity contribution in [3.63, 3.8) is 0 Å². The molecule has 1 aromatic rings. The van der Waals surface area contributed by atoms with Crippen molar-refractivity contribution in [2.75, 3.05) is 18.8 Å². The first kappa shape index (κ1) is 12.5. The van der Waals surface area contributed by atoms with Crippen LogP contribution in [0.2, 0.25) is 0 Å². The minimum atomic E-state index is -0.0977. The number of aromatic nitrogens is 2. The van der Waals surface area contributed by atoms with Gasteiger partial charge in [0.05, 0.1) is 11.9 Å². The Morgan fingerprint density at radius 3 is 3.00 bits per heavy atom. The lowest BCUT2D eigenvalue weighted by Gasteiger charge is -2.16. The molecule has 1 saturated carbocycles. The van der Waals surface area contributed by atoms with Crippen molar-refractivity contribution in [3.8, 4) is 0 Å². The second kappa shape index (κ2) is 4.85. The highest BCUT2D eigenvalue weighted by Gasteiger charge is 2.35. The minimum absolute atomic E-state index is 0.0977. The first-order valence-electron chi connectivity index (χ1n) is 7.05. The first-order chi connectivity index (χ1) is 9.19. The van der Waals surface area contributed by atoms with Crippen LogP contribution in [0.4, 0.5) is 5.69 Å². The fraction of sp³-hybridized carbons (Fsp3) is 0.692. The summed E-state index contributed by atoms with van der Waals surface area (Å²) in [6.45, 7) is 4.67. The summed E-state index contributed by atoms with van der Waals surface area (Å²) in [7, 11) is 0. The van der Waals surface area contributed by atoms with E-state index in [0.29, 0.717) is 17.9 Å². The molecule has 19 heavy (non-hydrogen) atoms. The molecule has 104 valence electrons. The van der Waals surface area contributed by atoms with Crippen molar-refractivity contribution in [3.05, 3.63) is 11.9 Å². The van der Waals surface area contributed by atoms with E-state index < -0.39 is 0 Å². The molecule has 3 N–H and O–H groups in total. The third kappa shape index (κ3) is 2.45. The second-order valence-corrected chi connectivity index (χ2v) is 5.45. The highest BCUT2D eigenvalue weighted by atomic mass is 16.2. The van der Waals surface area contributed by atoms with Crippen LogP contribution in [0.1, 0.15) is 36.7 Å². The van der Waals surface area contributed by atoms with E-state index in [1.807, 2.05) is 6.92 Å².